The molecule has 2 rings (SSSR count). The topological polar surface area (TPSA) is 40.5 Å². The predicted molar refractivity (Wildman–Crippen MR) is 76.3 cm³/mol. The Balaban J connectivity index is 2.01. The van der Waals surface area contributed by atoms with Gasteiger partial charge in [-0.05, 0) is 36.9 Å². The van der Waals surface area contributed by atoms with Crippen LogP contribution < -0.4 is 0 Å². The van der Waals surface area contributed by atoms with E-state index in [4.69, 9.17) is 0 Å². The summed E-state index contributed by atoms with van der Waals surface area (Å²) in [5.74, 6) is -1.14. The van der Waals surface area contributed by atoms with Crippen molar-refractivity contribution in [3.05, 3.63) is 35.9 Å². The fraction of sp³-hybridized carbons (Fsp3) is 0.562. The molecule has 3 heteroatoms. The van der Waals surface area contributed by atoms with Gasteiger partial charge in [0.1, 0.15) is 0 Å². The van der Waals surface area contributed by atoms with Crippen molar-refractivity contribution in [1.82, 2.24) is 4.90 Å². The molecule has 1 unspecified atom stereocenters. The lowest BCUT2D eigenvalue weighted by molar-refractivity contribution is -0.139. The first-order chi connectivity index (χ1) is 8.98. The first-order valence-electron chi connectivity index (χ1n) is 6.98. The quantitative estimate of drug-likeness (QED) is 0.906. The molecule has 104 valence electrons. The summed E-state index contributed by atoms with van der Waals surface area (Å²) in [5.41, 5.74) is 1.31. The highest BCUT2D eigenvalue weighted by Crippen LogP contribution is 2.30. The first-order valence-corrected chi connectivity index (χ1v) is 6.98. The Morgan fingerprint density at radius 2 is 1.84 bits per heavy atom. The van der Waals surface area contributed by atoms with E-state index in [-0.39, 0.29) is 0 Å². The van der Waals surface area contributed by atoms with Crippen LogP contribution >= 0.6 is 0 Å². The van der Waals surface area contributed by atoms with Crippen molar-refractivity contribution in [1.29, 1.82) is 0 Å². The van der Waals surface area contributed by atoms with Gasteiger partial charge in [-0.25, -0.2) is 0 Å². The second-order valence-corrected chi connectivity index (χ2v) is 6.27. The minimum Gasteiger partial charge on any atom is -0.481 e. The van der Waals surface area contributed by atoms with Crippen LogP contribution in [-0.2, 0) is 4.79 Å². The van der Waals surface area contributed by atoms with Crippen molar-refractivity contribution in [2.75, 3.05) is 19.6 Å². The maximum Gasteiger partial charge on any atom is 0.312 e. The molecule has 1 aliphatic rings. The molecular formula is C16H23NO2. The molecule has 3 nitrogen and oxygen atoms in total. The van der Waals surface area contributed by atoms with Gasteiger partial charge in [0.25, 0.3) is 0 Å². The normalized spacial score (nSPS) is 20.9. The number of carboxylic acid groups (broad SMARTS) is 1. The molecule has 1 aliphatic heterocycles. The van der Waals surface area contributed by atoms with Crippen LogP contribution in [0.15, 0.2) is 30.3 Å². The molecule has 1 aromatic rings. The van der Waals surface area contributed by atoms with Crippen molar-refractivity contribution in [2.45, 2.75) is 32.6 Å². The fourth-order valence-electron chi connectivity index (χ4n) is 2.61. The Kier molecular flexibility index (Phi) is 4.25. The van der Waals surface area contributed by atoms with Crippen LogP contribution in [0.5, 0.6) is 0 Å². The highest BCUT2D eigenvalue weighted by Gasteiger charge is 2.29. The molecule has 0 aliphatic carbocycles. The average Bonchev–Trinajstić information content (AvgIpc) is 2.38. The molecule has 1 atom stereocenters. The Hall–Kier alpha value is -1.35. The Morgan fingerprint density at radius 3 is 2.37 bits per heavy atom. The second-order valence-electron chi connectivity index (χ2n) is 6.27. The van der Waals surface area contributed by atoms with Crippen LogP contribution in [0.1, 0.15) is 38.2 Å². The lowest BCUT2D eigenvalue weighted by Gasteiger charge is -2.37. The highest BCUT2D eigenvalue weighted by molar-refractivity contribution is 5.76. The Labute approximate surface area is 115 Å². The third-order valence-electron chi connectivity index (χ3n) is 4.15. The Bertz CT molecular complexity index is 418. The van der Waals surface area contributed by atoms with Crippen LogP contribution in [0.2, 0.25) is 0 Å². The van der Waals surface area contributed by atoms with E-state index in [0.29, 0.717) is 12.0 Å². The Morgan fingerprint density at radius 1 is 1.26 bits per heavy atom. The minimum atomic E-state index is -0.726. The molecule has 1 N–H and O–H groups in total. The first kappa shape index (κ1) is 14.1. The smallest absolute Gasteiger partial charge is 0.312 e. The molecule has 0 spiro atoms. The van der Waals surface area contributed by atoms with Gasteiger partial charge in [-0.15, -0.1) is 0 Å². The molecule has 0 saturated carbocycles. The lowest BCUT2D eigenvalue weighted by atomic mass is 9.82. The van der Waals surface area contributed by atoms with E-state index < -0.39 is 11.9 Å². The van der Waals surface area contributed by atoms with E-state index in [1.807, 2.05) is 30.3 Å². The number of hydrogen-bond donors (Lipinski definition) is 1. The van der Waals surface area contributed by atoms with Gasteiger partial charge in [0, 0.05) is 6.54 Å². The van der Waals surface area contributed by atoms with Gasteiger partial charge in [0.05, 0.1) is 5.92 Å². The van der Waals surface area contributed by atoms with Crippen molar-refractivity contribution in [2.24, 2.45) is 5.41 Å². The van der Waals surface area contributed by atoms with E-state index >= 15 is 0 Å². The largest absolute Gasteiger partial charge is 0.481 e. The molecular weight excluding hydrogens is 238 g/mol. The molecule has 0 amide bonds. The van der Waals surface area contributed by atoms with Crippen molar-refractivity contribution >= 4 is 5.97 Å². The number of hydrogen-bond acceptors (Lipinski definition) is 2. The molecule has 1 aromatic carbocycles. The summed E-state index contributed by atoms with van der Waals surface area (Å²) >= 11 is 0. The molecule has 1 heterocycles. The van der Waals surface area contributed by atoms with Gasteiger partial charge in [-0.3, -0.25) is 4.79 Å². The lowest BCUT2D eigenvalue weighted by Crippen LogP contribution is -2.40. The molecule has 19 heavy (non-hydrogen) atoms. The van der Waals surface area contributed by atoms with Gasteiger partial charge in [-0.1, -0.05) is 44.2 Å². The maximum atomic E-state index is 11.5. The molecule has 1 fully saturated rings. The summed E-state index contributed by atoms with van der Waals surface area (Å²) in [6.07, 6.45) is 2.29. The monoisotopic (exact) mass is 261 g/mol. The zero-order valence-corrected chi connectivity index (χ0v) is 11.8. The van der Waals surface area contributed by atoms with Crippen LogP contribution in [0, 0.1) is 5.41 Å². The van der Waals surface area contributed by atoms with Crippen LogP contribution in [0.4, 0.5) is 0 Å². The van der Waals surface area contributed by atoms with Gasteiger partial charge in [0.15, 0.2) is 0 Å². The molecule has 0 radical (unpaired) electrons. The van der Waals surface area contributed by atoms with Gasteiger partial charge in [0.2, 0.25) is 0 Å². The third kappa shape index (κ3) is 3.80. The molecule has 1 saturated heterocycles. The molecule has 0 bridgehead atoms. The number of aliphatic carboxylic acids is 1. The number of piperidine rings is 1. The van der Waals surface area contributed by atoms with E-state index in [0.717, 1.165) is 31.5 Å². The standard InChI is InChI=1S/C16H23NO2/c1-16(2)8-10-17(11-9-16)12-14(15(18)19)13-6-4-3-5-7-13/h3-7,14H,8-12H2,1-2H3,(H,18,19). The van der Waals surface area contributed by atoms with E-state index in [9.17, 15) is 9.90 Å². The SMILES string of the molecule is CC1(C)CCN(CC(C(=O)O)c2ccccc2)CC1. The van der Waals surface area contributed by atoms with E-state index in [1.54, 1.807) is 0 Å². The third-order valence-corrected chi connectivity index (χ3v) is 4.15. The number of likely N-dealkylation sites (tertiary alicyclic amines) is 1. The summed E-state index contributed by atoms with van der Waals surface area (Å²) in [4.78, 5) is 13.8. The number of rotatable bonds is 4. The van der Waals surface area contributed by atoms with Gasteiger partial charge in [-0.2, -0.15) is 0 Å². The zero-order chi connectivity index (χ0) is 13.9. The van der Waals surface area contributed by atoms with Crippen molar-refractivity contribution in [3.63, 3.8) is 0 Å². The maximum absolute atomic E-state index is 11.5. The fourth-order valence-corrected chi connectivity index (χ4v) is 2.61. The number of carbonyl (C=O) groups is 1. The summed E-state index contributed by atoms with van der Waals surface area (Å²) < 4.78 is 0. The predicted octanol–water partition coefficient (Wildman–Crippen LogP) is 2.98. The number of carboxylic acids is 1. The average molecular weight is 261 g/mol. The summed E-state index contributed by atoms with van der Waals surface area (Å²) in [7, 11) is 0. The highest BCUT2D eigenvalue weighted by atomic mass is 16.4. The second kappa shape index (κ2) is 5.74. The minimum absolute atomic E-state index is 0.405. The summed E-state index contributed by atoms with van der Waals surface area (Å²) in [6.45, 7) is 7.20. The van der Waals surface area contributed by atoms with Crippen molar-refractivity contribution < 1.29 is 9.90 Å². The zero-order valence-electron chi connectivity index (χ0n) is 11.8. The van der Waals surface area contributed by atoms with Crippen molar-refractivity contribution in [3.8, 4) is 0 Å². The van der Waals surface area contributed by atoms with Crippen LogP contribution in [-0.4, -0.2) is 35.6 Å². The van der Waals surface area contributed by atoms with Crippen LogP contribution in [0.3, 0.4) is 0 Å². The summed E-state index contributed by atoms with van der Waals surface area (Å²) in [6, 6.07) is 9.56. The van der Waals surface area contributed by atoms with Gasteiger partial charge < -0.3 is 10.0 Å². The number of nitrogens with zero attached hydrogens (tertiary/aromatic N) is 1. The summed E-state index contributed by atoms with van der Waals surface area (Å²) in [5, 5.41) is 9.43. The van der Waals surface area contributed by atoms with E-state index in [1.165, 1.54) is 0 Å². The molecule has 0 aromatic heterocycles. The number of benzene rings is 1. The van der Waals surface area contributed by atoms with Gasteiger partial charge >= 0.3 is 5.97 Å². The van der Waals surface area contributed by atoms with Crippen LogP contribution in [0.25, 0.3) is 0 Å². The van der Waals surface area contributed by atoms with E-state index in [2.05, 4.69) is 18.7 Å².